The van der Waals surface area contributed by atoms with Gasteiger partial charge < -0.3 is 0 Å². The lowest BCUT2D eigenvalue weighted by Gasteiger charge is -2.10. The van der Waals surface area contributed by atoms with E-state index in [9.17, 15) is 13.6 Å². The number of hydrogen-bond acceptors (Lipinski definition) is 2. The second-order valence-corrected chi connectivity index (χ2v) is 5.07. The summed E-state index contributed by atoms with van der Waals surface area (Å²) in [5.74, 6) is -3.65. The molecular weight excluding hydrogens is 319 g/mol. The van der Waals surface area contributed by atoms with Crippen molar-refractivity contribution in [3.8, 4) is 6.07 Å². The smallest absolute Gasteiger partial charge is 0.184 e. The number of benzene rings is 2. The molecule has 0 aliphatic heterocycles. The highest BCUT2D eigenvalue weighted by atomic mass is 35.5. The number of nitrogens with zero attached hydrogens (tertiary/aromatic N) is 1. The molecule has 2 nitrogen and oxygen atoms in total. The van der Waals surface area contributed by atoms with Crippen molar-refractivity contribution in [2.45, 2.75) is 5.92 Å². The number of Topliss-reactive ketones (excluding diaryl/α,β-unsaturated/α-hetero) is 1. The third kappa shape index (κ3) is 3.38. The van der Waals surface area contributed by atoms with E-state index in [1.165, 1.54) is 18.2 Å². The van der Waals surface area contributed by atoms with Gasteiger partial charge in [0.1, 0.15) is 17.6 Å². The van der Waals surface area contributed by atoms with Gasteiger partial charge in [-0.1, -0.05) is 23.2 Å². The van der Waals surface area contributed by atoms with E-state index in [1.54, 1.807) is 6.07 Å². The van der Waals surface area contributed by atoms with Gasteiger partial charge in [0, 0.05) is 11.6 Å². The van der Waals surface area contributed by atoms with E-state index in [-0.39, 0.29) is 21.2 Å². The molecule has 0 bridgehead atoms. The molecule has 0 radical (unpaired) electrons. The lowest BCUT2D eigenvalue weighted by Crippen LogP contribution is -2.12. The third-order valence-corrected chi connectivity index (χ3v) is 3.55. The Morgan fingerprint density at radius 3 is 2.19 bits per heavy atom. The van der Waals surface area contributed by atoms with Gasteiger partial charge in [0.2, 0.25) is 0 Å². The fourth-order valence-corrected chi connectivity index (χ4v) is 2.14. The molecule has 0 fully saturated rings. The molecule has 0 spiro atoms. The van der Waals surface area contributed by atoms with Crippen LogP contribution in [0.15, 0.2) is 36.4 Å². The van der Waals surface area contributed by atoms with Crippen LogP contribution in [0.1, 0.15) is 21.8 Å². The van der Waals surface area contributed by atoms with Crippen LogP contribution in [-0.2, 0) is 0 Å². The Bertz CT molecular complexity index is 736. The van der Waals surface area contributed by atoms with Crippen LogP contribution < -0.4 is 0 Å². The largest absolute Gasteiger partial charge is 0.292 e. The van der Waals surface area contributed by atoms with Gasteiger partial charge in [-0.3, -0.25) is 4.79 Å². The van der Waals surface area contributed by atoms with Gasteiger partial charge in [-0.05, 0) is 35.9 Å². The van der Waals surface area contributed by atoms with Crippen molar-refractivity contribution in [2.75, 3.05) is 0 Å². The highest BCUT2D eigenvalue weighted by Crippen LogP contribution is 2.27. The van der Waals surface area contributed by atoms with E-state index in [1.807, 2.05) is 0 Å². The van der Waals surface area contributed by atoms with Gasteiger partial charge in [0.05, 0.1) is 16.1 Å². The van der Waals surface area contributed by atoms with E-state index in [2.05, 4.69) is 0 Å². The first-order valence-corrected chi connectivity index (χ1v) is 6.53. The molecule has 106 valence electrons. The molecule has 0 aliphatic carbocycles. The molecule has 0 saturated heterocycles. The minimum Gasteiger partial charge on any atom is -0.292 e. The van der Waals surface area contributed by atoms with Crippen LogP contribution in [-0.4, -0.2) is 5.78 Å². The number of hydrogen-bond donors (Lipinski definition) is 0. The normalized spacial score (nSPS) is 11.8. The molecule has 2 rings (SSSR count). The first kappa shape index (κ1) is 15.4. The van der Waals surface area contributed by atoms with E-state index < -0.39 is 23.3 Å². The van der Waals surface area contributed by atoms with Crippen LogP contribution in [0.2, 0.25) is 10.0 Å². The Hall–Kier alpha value is -1.96. The number of rotatable bonds is 3. The van der Waals surface area contributed by atoms with Crippen molar-refractivity contribution in [3.05, 3.63) is 69.2 Å². The molecule has 0 aromatic heterocycles. The summed E-state index contributed by atoms with van der Waals surface area (Å²) < 4.78 is 26.4. The zero-order valence-electron chi connectivity index (χ0n) is 10.4. The molecule has 2 aromatic carbocycles. The highest BCUT2D eigenvalue weighted by Gasteiger charge is 2.23. The molecule has 21 heavy (non-hydrogen) atoms. The predicted molar refractivity (Wildman–Crippen MR) is 75.5 cm³/mol. The van der Waals surface area contributed by atoms with Crippen molar-refractivity contribution in [1.82, 2.24) is 0 Å². The van der Waals surface area contributed by atoms with Gasteiger partial charge in [0.25, 0.3) is 0 Å². The Labute approximate surface area is 129 Å². The van der Waals surface area contributed by atoms with Crippen LogP contribution in [0.3, 0.4) is 0 Å². The Balaban J connectivity index is 2.43. The standard InChI is InChI=1S/C15H7Cl2F2NO/c16-13-2-1-8(5-14(13)17)15(21)12(7-20)9-3-10(18)6-11(19)4-9/h1-6,12H. The average molecular weight is 326 g/mol. The minimum atomic E-state index is -1.33. The summed E-state index contributed by atoms with van der Waals surface area (Å²) >= 11 is 11.6. The van der Waals surface area contributed by atoms with E-state index in [0.717, 1.165) is 12.1 Å². The van der Waals surface area contributed by atoms with Crippen molar-refractivity contribution in [2.24, 2.45) is 0 Å². The maximum atomic E-state index is 13.2. The lowest BCUT2D eigenvalue weighted by molar-refractivity contribution is 0.0979. The fourth-order valence-electron chi connectivity index (χ4n) is 1.84. The lowest BCUT2D eigenvalue weighted by atomic mass is 9.92. The summed E-state index contributed by atoms with van der Waals surface area (Å²) in [5.41, 5.74) is 0.0895. The van der Waals surface area contributed by atoms with E-state index in [0.29, 0.717) is 6.07 Å². The zero-order valence-corrected chi connectivity index (χ0v) is 11.9. The zero-order chi connectivity index (χ0) is 15.6. The van der Waals surface area contributed by atoms with Gasteiger partial charge in [0.15, 0.2) is 5.78 Å². The maximum absolute atomic E-state index is 13.2. The van der Waals surface area contributed by atoms with Gasteiger partial charge in [-0.15, -0.1) is 0 Å². The molecule has 0 amide bonds. The van der Waals surface area contributed by atoms with Crippen LogP contribution in [0, 0.1) is 23.0 Å². The number of carbonyl (C=O) groups is 1. The van der Waals surface area contributed by atoms with Crippen LogP contribution in [0.4, 0.5) is 8.78 Å². The summed E-state index contributed by atoms with van der Waals surface area (Å²) in [5, 5.41) is 9.56. The Morgan fingerprint density at radius 1 is 1.05 bits per heavy atom. The Kier molecular flexibility index (Phi) is 4.56. The molecule has 6 heteroatoms. The summed E-state index contributed by atoms with van der Waals surface area (Å²) in [4.78, 5) is 12.3. The van der Waals surface area contributed by atoms with Crippen molar-refractivity contribution in [3.63, 3.8) is 0 Å². The predicted octanol–water partition coefficient (Wildman–Crippen LogP) is 4.76. The van der Waals surface area contributed by atoms with Crippen molar-refractivity contribution in [1.29, 1.82) is 5.26 Å². The van der Waals surface area contributed by atoms with Crippen LogP contribution >= 0.6 is 23.2 Å². The summed E-state index contributed by atoms with van der Waals surface area (Å²) in [7, 11) is 0. The quantitative estimate of drug-likeness (QED) is 0.763. The van der Waals surface area contributed by atoms with Crippen molar-refractivity contribution < 1.29 is 13.6 Å². The minimum absolute atomic E-state index is 0.0499. The first-order valence-electron chi connectivity index (χ1n) is 5.77. The van der Waals surface area contributed by atoms with E-state index in [4.69, 9.17) is 28.5 Å². The van der Waals surface area contributed by atoms with Gasteiger partial charge in [-0.2, -0.15) is 5.26 Å². The molecule has 1 atom stereocenters. The summed E-state index contributed by atoms with van der Waals surface area (Å²) in [6.45, 7) is 0. The third-order valence-electron chi connectivity index (χ3n) is 2.81. The fraction of sp³-hybridized carbons (Fsp3) is 0.0667. The molecule has 1 unspecified atom stereocenters. The topological polar surface area (TPSA) is 40.9 Å². The van der Waals surface area contributed by atoms with Crippen molar-refractivity contribution >= 4 is 29.0 Å². The number of halogens is 4. The molecule has 0 heterocycles. The molecule has 0 aliphatic rings. The molecular formula is C15H7Cl2F2NO. The van der Waals surface area contributed by atoms with Gasteiger partial charge >= 0.3 is 0 Å². The summed E-state index contributed by atoms with van der Waals surface area (Å²) in [6.07, 6.45) is 0. The number of carbonyl (C=O) groups excluding carboxylic acids is 1. The first-order chi connectivity index (χ1) is 9.92. The maximum Gasteiger partial charge on any atom is 0.184 e. The van der Waals surface area contributed by atoms with Gasteiger partial charge in [-0.25, -0.2) is 8.78 Å². The number of ketones is 1. The number of nitriles is 1. The van der Waals surface area contributed by atoms with Crippen LogP contribution in [0.5, 0.6) is 0 Å². The van der Waals surface area contributed by atoms with Crippen LogP contribution in [0.25, 0.3) is 0 Å². The van der Waals surface area contributed by atoms with E-state index >= 15 is 0 Å². The highest BCUT2D eigenvalue weighted by molar-refractivity contribution is 6.42. The second kappa shape index (κ2) is 6.21. The Morgan fingerprint density at radius 2 is 1.67 bits per heavy atom. The average Bonchev–Trinajstić information content (AvgIpc) is 2.41. The SMILES string of the molecule is N#CC(C(=O)c1ccc(Cl)c(Cl)c1)c1cc(F)cc(F)c1. The molecule has 2 aromatic rings. The molecule has 0 N–H and O–H groups in total. The molecule has 0 saturated carbocycles. The second-order valence-electron chi connectivity index (χ2n) is 4.26. The summed E-state index contributed by atoms with van der Waals surface area (Å²) in [6, 6.07) is 8.44. The monoisotopic (exact) mass is 325 g/mol.